The summed E-state index contributed by atoms with van der Waals surface area (Å²) in [6.45, 7) is 4.95. The molecule has 0 radical (unpaired) electrons. The molecule has 1 saturated carbocycles. The van der Waals surface area contributed by atoms with Crippen molar-refractivity contribution in [1.82, 2.24) is 29.7 Å². The monoisotopic (exact) mass is 867 g/mol. The summed E-state index contributed by atoms with van der Waals surface area (Å²) in [6, 6.07) is 19.3. The fourth-order valence-electron chi connectivity index (χ4n) is 9.12. The Kier molecular flexibility index (Phi) is 10.7. The number of benzene rings is 2. The van der Waals surface area contributed by atoms with Gasteiger partial charge in [0.2, 0.25) is 11.8 Å². The van der Waals surface area contributed by atoms with Gasteiger partial charge in [0, 0.05) is 103 Å². The van der Waals surface area contributed by atoms with Crippen molar-refractivity contribution in [2.75, 3.05) is 24.6 Å². The van der Waals surface area contributed by atoms with Crippen LogP contribution >= 0.6 is 0 Å². The maximum absolute atomic E-state index is 14.0. The number of amides is 2. The molecule has 1 atom stereocenters. The predicted octanol–water partition coefficient (Wildman–Crippen LogP) is 7.98. The van der Waals surface area contributed by atoms with Crippen LogP contribution in [-0.4, -0.2) is 80.3 Å². The predicted molar refractivity (Wildman–Crippen MR) is 233 cm³/mol. The number of piperidine rings is 2. The summed E-state index contributed by atoms with van der Waals surface area (Å²) in [4.78, 5) is 41.9. The molecule has 64 heavy (non-hydrogen) atoms. The highest BCUT2D eigenvalue weighted by Crippen LogP contribution is 2.36. The van der Waals surface area contributed by atoms with Gasteiger partial charge in [0.1, 0.15) is 36.0 Å². The smallest absolute Gasteiger partial charge is 0.433 e. The third-order valence-corrected chi connectivity index (χ3v) is 12.6. The Morgan fingerprint density at radius 2 is 1.72 bits per heavy atom. The van der Waals surface area contributed by atoms with Gasteiger partial charge in [-0.25, -0.2) is 9.97 Å². The minimum absolute atomic E-state index is 0.00718. The maximum Gasteiger partial charge on any atom is 0.433 e. The van der Waals surface area contributed by atoms with Crippen molar-refractivity contribution in [2.45, 2.75) is 75.6 Å². The average Bonchev–Trinajstić information content (AvgIpc) is 3.76. The van der Waals surface area contributed by atoms with Crippen LogP contribution in [0.3, 0.4) is 0 Å². The van der Waals surface area contributed by atoms with Gasteiger partial charge in [-0.15, -0.1) is 0 Å². The lowest BCUT2D eigenvalue weighted by atomic mass is 9.91. The van der Waals surface area contributed by atoms with Crippen LogP contribution in [0.4, 0.5) is 19.0 Å². The molecule has 1 unspecified atom stereocenters. The number of hydrogen-bond donors (Lipinski definition) is 1. The van der Waals surface area contributed by atoms with Crippen LogP contribution < -0.4 is 19.7 Å². The fourth-order valence-corrected chi connectivity index (χ4v) is 9.12. The average molecular weight is 868 g/mol. The Balaban J connectivity index is 0.700. The summed E-state index contributed by atoms with van der Waals surface area (Å²) >= 11 is 0. The number of allylic oxidation sites excluding steroid dienone is 1. The third-order valence-electron chi connectivity index (χ3n) is 12.6. The molecule has 4 aliphatic rings. The molecular weight excluding hydrogens is 824 g/mol. The molecule has 7 heterocycles. The summed E-state index contributed by atoms with van der Waals surface area (Å²) in [6.07, 6.45) is 4.76. The van der Waals surface area contributed by atoms with E-state index in [0.29, 0.717) is 61.7 Å². The summed E-state index contributed by atoms with van der Waals surface area (Å²) < 4.78 is 62.5. The standard InChI is InChI=1S/C49H44F3N7O5/c1-29-5-11-42(47(60)55-29)59-28-33-22-35(8-10-38(33)48(59)61)62-19-3-4-30-20-44(49(50,51)52)56-45(21-30)58-17-14-34(15-18-58)63-36-24-37(25-36)64-46-12-7-32(26-54-46)31-6-9-39-40-27-53-16-13-41(40)57(2)43(39)23-31/h6-10,12-13,16,20-23,26-27,34,36-37,42H,1,5,11,14-15,17-19,24-25,28H2,2H3,(H,55,60). The van der Waals surface area contributed by atoms with Crippen LogP contribution in [0.15, 0.2) is 97.6 Å². The molecule has 3 aliphatic heterocycles. The number of ether oxygens (including phenoxy) is 3. The number of fused-ring (bicyclic) bond motifs is 4. The number of aryl methyl sites for hydroxylation is 1. The normalized spacial score (nSPS) is 20.2. The number of carbonyl (C=O) groups is 2. The van der Waals surface area contributed by atoms with Gasteiger partial charge in [-0.3, -0.25) is 14.6 Å². The number of rotatable bonds is 9. The van der Waals surface area contributed by atoms with E-state index in [1.54, 1.807) is 35.4 Å². The lowest BCUT2D eigenvalue weighted by Crippen LogP contribution is -2.49. The quantitative estimate of drug-likeness (QED) is 0.144. The zero-order valence-electron chi connectivity index (χ0n) is 35.0. The van der Waals surface area contributed by atoms with Gasteiger partial charge >= 0.3 is 6.18 Å². The maximum atomic E-state index is 14.0. The Morgan fingerprint density at radius 3 is 2.50 bits per heavy atom. The number of nitrogens with zero attached hydrogens (tertiary/aromatic N) is 6. The first-order valence-electron chi connectivity index (χ1n) is 21.4. The van der Waals surface area contributed by atoms with Crippen molar-refractivity contribution < 1.29 is 37.0 Å². The number of halogens is 3. The second-order valence-electron chi connectivity index (χ2n) is 16.8. The van der Waals surface area contributed by atoms with Crippen molar-refractivity contribution in [2.24, 2.45) is 7.05 Å². The van der Waals surface area contributed by atoms with Gasteiger partial charge in [0.25, 0.3) is 5.91 Å². The molecule has 2 aromatic carbocycles. The first-order chi connectivity index (χ1) is 30.9. The van der Waals surface area contributed by atoms with E-state index < -0.39 is 17.9 Å². The van der Waals surface area contributed by atoms with E-state index in [1.807, 2.05) is 35.5 Å². The molecule has 0 spiro atoms. The number of nitrogens with one attached hydrogen (secondary N) is 1. The van der Waals surface area contributed by atoms with Crippen LogP contribution in [0, 0.1) is 11.8 Å². The van der Waals surface area contributed by atoms with Gasteiger partial charge in [-0.1, -0.05) is 30.6 Å². The van der Waals surface area contributed by atoms with E-state index in [1.165, 1.54) is 0 Å². The highest BCUT2D eigenvalue weighted by molar-refractivity contribution is 6.08. The van der Waals surface area contributed by atoms with Crippen molar-refractivity contribution in [3.63, 3.8) is 0 Å². The Morgan fingerprint density at radius 1 is 0.891 bits per heavy atom. The zero-order valence-corrected chi connectivity index (χ0v) is 35.0. The van der Waals surface area contributed by atoms with E-state index in [-0.39, 0.29) is 54.7 Å². The lowest BCUT2D eigenvalue weighted by molar-refractivity contribution is -0.141. The molecule has 0 bridgehead atoms. The molecule has 2 amide bonds. The first kappa shape index (κ1) is 41.1. The largest absolute Gasteiger partial charge is 0.481 e. The van der Waals surface area contributed by atoms with Gasteiger partial charge in [-0.2, -0.15) is 13.2 Å². The van der Waals surface area contributed by atoms with Crippen LogP contribution in [0.5, 0.6) is 11.6 Å². The van der Waals surface area contributed by atoms with E-state index >= 15 is 0 Å². The van der Waals surface area contributed by atoms with Crippen LogP contribution in [0.1, 0.15) is 65.7 Å². The highest BCUT2D eigenvalue weighted by atomic mass is 19.4. The first-order valence-corrected chi connectivity index (χ1v) is 21.4. The van der Waals surface area contributed by atoms with Crippen molar-refractivity contribution in [3.8, 4) is 34.6 Å². The molecule has 4 aromatic heterocycles. The van der Waals surface area contributed by atoms with E-state index in [2.05, 4.69) is 68.5 Å². The van der Waals surface area contributed by atoms with Crippen molar-refractivity contribution >= 4 is 39.4 Å². The summed E-state index contributed by atoms with van der Waals surface area (Å²) in [7, 11) is 2.06. The van der Waals surface area contributed by atoms with E-state index in [4.69, 9.17) is 14.2 Å². The van der Waals surface area contributed by atoms with Gasteiger partial charge in [-0.05, 0) is 85.3 Å². The third kappa shape index (κ3) is 8.21. The number of hydrogen-bond acceptors (Lipinski definition) is 9. The highest BCUT2D eigenvalue weighted by Gasteiger charge is 2.39. The SMILES string of the molecule is C=C1CCC(N2Cc3cc(OCC#Cc4cc(N5CCC(OC6CC(Oc7ccc(-c8ccc9c%10cnccc%10n(C)c9c8)cn7)C6)CC5)nc(C(F)(F)F)c4)ccc3C2=O)C(=O)N1. The summed E-state index contributed by atoms with van der Waals surface area (Å²) in [5, 5.41) is 5.01. The number of alkyl halides is 3. The molecule has 3 fully saturated rings. The van der Waals surface area contributed by atoms with Crippen LogP contribution in [0.25, 0.3) is 32.9 Å². The molecule has 6 aromatic rings. The number of pyridine rings is 3. The Hall–Kier alpha value is -6.92. The van der Waals surface area contributed by atoms with Gasteiger partial charge < -0.3 is 33.9 Å². The molecule has 1 aliphatic carbocycles. The summed E-state index contributed by atoms with van der Waals surface area (Å²) in [5.74, 6) is 6.41. The second-order valence-corrected chi connectivity index (χ2v) is 16.8. The zero-order chi connectivity index (χ0) is 44.1. The number of anilines is 1. The van der Waals surface area contributed by atoms with Crippen molar-refractivity contribution in [3.05, 3.63) is 120 Å². The lowest BCUT2D eigenvalue weighted by Gasteiger charge is -2.40. The minimum Gasteiger partial charge on any atom is -0.481 e. The molecule has 15 heteroatoms. The van der Waals surface area contributed by atoms with Gasteiger partial charge in [0.15, 0.2) is 0 Å². The van der Waals surface area contributed by atoms with Crippen LogP contribution in [0.2, 0.25) is 0 Å². The van der Waals surface area contributed by atoms with Gasteiger partial charge in [0.05, 0.1) is 17.7 Å². The molecule has 2 saturated heterocycles. The van der Waals surface area contributed by atoms with Crippen LogP contribution in [-0.2, 0) is 29.3 Å². The van der Waals surface area contributed by atoms with Crippen molar-refractivity contribution in [1.29, 1.82) is 0 Å². The van der Waals surface area contributed by atoms with E-state index in [0.717, 1.165) is 57.4 Å². The molecule has 12 nitrogen and oxygen atoms in total. The fraction of sp³-hybridized carbons (Fsp3) is 0.327. The molecule has 1 N–H and O–H groups in total. The topological polar surface area (TPSA) is 124 Å². The summed E-state index contributed by atoms with van der Waals surface area (Å²) in [5.41, 5.74) is 5.34. The number of carbonyl (C=O) groups excluding carboxylic acids is 2. The number of aromatic nitrogens is 4. The molecular formula is C49H44F3N7O5. The Bertz CT molecular complexity index is 2870. The molecule has 10 rings (SSSR count). The Labute approximate surface area is 367 Å². The second kappa shape index (κ2) is 16.7. The van der Waals surface area contributed by atoms with E-state index in [9.17, 15) is 22.8 Å². The minimum atomic E-state index is -4.65. The molecule has 326 valence electrons.